The standard InChI is InChI=1S/C30H52N2O12P2.C18H32NO7P/c1-8-22-23(12-17-36-22)41-46(35,44-28(10-15-32)30(5,6)7)40-20-26-24(13-18-38-26)42-45(34,39-19-25-21(33)11-16-37-25)43-27(9-14-31)29(2,3)4;1-5-14-15(8-11-22-14)25-27(21,24-12-16-13(20)7-10-23-16)26-17(6-9-19)18(2,3)4/h21-28,33H,8-13,16-20H2,1-7H3;13-17,20H,5-8,10-12H2,1-4H3/i16T,17T,18T;10T,11T. The Morgan fingerprint density at radius 1 is 0.493 bits per heavy atom. The summed E-state index contributed by atoms with van der Waals surface area (Å²) >= 11 is 0. The van der Waals surface area contributed by atoms with Crippen LogP contribution in [0, 0.1) is 50.2 Å². The van der Waals surface area contributed by atoms with Gasteiger partial charge in [-0.3, -0.25) is 40.7 Å². The van der Waals surface area contributed by atoms with Crippen LogP contribution in [0.4, 0.5) is 0 Å². The van der Waals surface area contributed by atoms with Crippen molar-refractivity contribution in [3.05, 3.63) is 0 Å². The van der Waals surface area contributed by atoms with Gasteiger partial charge in [0.2, 0.25) is 0 Å². The number of aliphatic hydroxyl groups excluding tert-OH is 2. The van der Waals surface area contributed by atoms with Crippen LogP contribution >= 0.6 is 23.5 Å². The molecule has 21 unspecified atom stereocenters. The molecule has 5 aliphatic rings. The molecule has 0 bridgehead atoms. The van der Waals surface area contributed by atoms with E-state index in [4.69, 9.17) is 76.5 Å². The van der Waals surface area contributed by atoms with Gasteiger partial charge in [-0.25, -0.2) is 13.7 Å². The molecule has 0 saturated carbocycles. The zero-order chi connectivity index (χ0) is 58.6. The summed E-state index contributed by atoms with van der Waals surface area (Å²) < 4.78 is 161. The van der Waals surface area contributed by atoms with E-state index in [-0.39, 0.29) is 58.0 Å². The number of hydrogen-bond donors (Lipinski definition) is 2. The number of phosphoric ester groups is 3. The smallest absolute Gasteiger partial charge is 0.390 e. The lowest BCUT2D eigenvalue weighted by Gasteiger charge is -2.34. The molecular formula is C48H84N3O19P3. The third-order valence-electron chi connectivity index (χ3n) is 12.4. The van der Waals surface area contributed by atoms with E-state index in [1.807, 2.05) is 52.8 Å². The summed E-state index contributed by atoms with van der Waals surface area (Å²) in [6.07, 6.45) is -10.0. The van der Waals surface area contributed by atoms with Crippen LogP contribution in [0.2, 0.25) is 0 Å². The number of nitrogens with zero attached hydrogens (tertiary/aromatic N) is 3. The summed E-state index contributed by atoms with van der Waals surface area (Å²) in [5, 5.41) is 48.3. The van der Waals surface area contributed by atoms with Crippen LogP contribution in [0.15, 0.2) is 0 Å². The molecule has 0 aromatic carbocycles. The first-order chi connectivity index (χ1) is 36.2. The molecule has 73 heavy (non-hydrogen) atoms. The largest absolute Gasteiger partial charge is 0.475 e. The van der Waals surface area contributed by atoms with Crippen molar-refractivity contribution >= 4 is 23.5 Å². The predicted octanol–water partition coefficient (Wildman–Crippen LogP) is 9.02. The summed E-state index contributed by atoms with van der Waals surface area (Å²) in [6, 6.07) is 6.06. The molecule has 25 heteroatoms. The Hall–Kier alpha value is -1.48. The normalized spacial score (nSPS) is 37.5. The van der Waals surface area contributed by atoms with Crippen LogP contribution in [-0.4, -0.2) is 142 Å². The van der Waals surface area contributed by atoms with E-state index in [9.17, 15) is 34.4 Å². The van der Waals surface area contributed by atoms with Crippen LogP contribution in [0.1, 0.15) is 147 Å². The van der Waals surface area contributed by atoms with Crippen molar-refractivity contribution < 1.29 is 95.2 Å². The van der Waals surface area contributed by atoms with Crippen LogP contribution in [-0.2, 0) is 78.1 Å². The van der Waals surface area contributed by atoms with Gasteiger partial charge in [0, 0.05) is 52.2 Å². The minimum atomic E-state index is -4.60. The number of rotatable bonds is 26. The van der Waals surface area contributed by atoms with Gasteiger partial charge in [0.1, 0.15) is 24.4 Å². The van der Waals surface area contributed by atoms with Crippen molar-refractivity contribution in [2.24, 2.45) is 16.2 Å². The Kier molecular flexibility index (Phi) is 22.3. The lowest BCUT2D eigenvalue weighted by molar-refractivity contribution is -0.0473. The molecular weight excluding hydrogens is 1020 g/mol. The monoisotopic (exact) mass is 1110 g/mol. The number of hydrogen-bond acceptors (Lipinski definition) is 22. The predicted molar refractivity (Wildman–Crippen MR) is 263 cm³/mol. The highest BCUT2D eigenvalue weighted by atomic mass is 31.2. The summed E-state index contributed by atoms with van der Waals surface area (Å²) in [4.78, 5) is 0. The molecule has 0 aliphatic carbocycles. The Morgan fingerprint density at radius 2 is 0.753 bits per heavy atom. The minimum absolute atomic E-state index is 0.0169. The van der Waals surface area contributed by atoms with E-state index in [1.54, 1.807) is 41.5 Å². The second-order valence-electron chi connectivity index (χ2n) is 21.5. The lowest BCUT2D eigenvalue weighted by atomic mass is 9.88. The molecule has 5 heterocycles. The highest BCUT2D eigenvalue weighted by Crippen LogP contribution is 2.59. The molecule has 2 N–H and O–H groups in total. The van der Waals surface area contributed by atoms with Gasteiger partial charge in [-0.05, 0) is 41.9 Å². The highest BCUT2D eigenvalue weighted by Gasteiger charge is 2.47. The summed E-state index contributed by atoms with van der Waals surface area (Å²) in [7, 11) is -13.3. The van der Waals surface area contributed by atoms with E-state index in [0.717, 1.165) is 0 Å². The molecule has 5 saturated heterocycles. The minimum Gasteiger partial charge on any atom is -0.390 e. The first-order valence-electron chi connectivity index (χ1n) is 27.8. The van der Waals surface area contributed by atoms with Crippen molar-refractivity contribution in [3.8, 4) is 18.2 Å². The van der Waals surface area contributed by atoms with Crippen molar-refractivity contribution in [2.45, 2.75) is 220 Å². The van der Waals surface area contributed by atoms with Gasteiger partial charge in [-0.15, -0.1) is 0 Å². The zero-order valence-corrected chi connectivity index (χ0v) is 46.8. The SMILES string of the molecule is [3H]C1CC(O)C(COP(=O)(OC2CC([3H])OC2CC)OC(CC#N)C(C)(C)C)O1.[3H]C1CC(O)C(COP(=O)(OC2CC([3H])OC2COP(=O)(OC2CC([3H])OC2CC)OC(CC#N)C(C)(C)C)OC(CC#N)C(C)(C)C)O1. The van der Waals surface area contributed by atoms with Gasteiger partial charge >= 0.3 is 23.5 Å². The van der Waals surface area contributed by atoms with Gasteiger partial charge in [0.15, 0.2) is 0 Å². The number of phosphoric acid groups is 3. The van der Waals surface area contributed by atoms with E-state index in [1.165, 1.54) is 0 Å². The van der Waals surface area contributed by atoms with E-state index in [2.05, 4.69) is 0 Å². The molecule has 0 amide bonds. The topological polar surface area (TPSA) is 292 Å². The molecule has 0 spiro atoms. The van der Waals surface area contributed by atoms with Crippen LogP contribution in [0.5, 0.6) is 0 Å². The molecule has 5 aliphatic heterocycles. The average molecular weight is 1110 g/mol. The summed E-state index contributed by atoms with van der Waals surface area (Å²) in [5.41, 5.74) is -1.85. The van der Waals surface area contributed by atoms with E-state index in [0.29, 0.717) is 12.8 Å². The average Bonchev–Trinajstić information content (AvgIpc) is 4.13. The number of aliphatic hydroxyl groups is 2. The second-order valence-corrected chi connectivity index (χ2v) is 26.2. The Bertz CT molecular complexity index is 2160. The molecule has 0 aromatic rings. The summed E-state index contributed by atoms with van der Waals surface area (Å²) in [6.45, 7) is 14.0. The molecule has 0 radical (unpaired) electrons. The second kappa shape index (κ2) is 28.9. The van der Waals surface area contributed by atoms with Crippen LogP contribution < -0.4 is 0 Å². The number of ether oxygens (including phenoxy) is 5. The van der Waals surface area contributed by atoms with Crippen molar-refractivity contribution in [1.29, 1.82) is 15.8 Å². The van der Waals surface area contributed by atoms with Crippen LogP contribution in [0.25, 0.3) is 0 Å². The fourth-order valence-corrected chi connectivity index (χ4v) is 12.8. The van der Waals surface area contributed by atoms with Gasteiger partial charge in [0.25, 0.3) is 0 Å². The molecule has 21 atom stereocenters. The fourth-order valence-electron chi connectivity index (χ4n) is 7.55. The zero-order valence-electron chi connectivity index (χ0n) is 49.1. The Labute approximate surface area is 440 Å². The maximum absolute atomic E-state index is 14.3. The molecule has 5 rings (SSSR count). The van der Waals surface area contributed by atoms with Crippen molar-refractivity contribution in [1.82, 2.24) is 0 Å². The first-order valence-corrected chi connectivity index (χ1v) is 29.3. The summed E-state index contributed by atoms with van der Waals surface area (Å²) in [5.74, 6) is 0. The molecule has 0 aromatic heterocycles. The third-order valence-corrected chi connectivity index (χ3v) is 16.9. The van der Waals surface area contributed by atoms with Gasteiger partial charge in [-0.1, -0.05) is 76.2 Å². The van der Waals surface area contributed by atoms with E-state index < -0.39 is 165 Å². The van der Waals surface area contributed by atoms with Crippen molar-refractivity contribution in [2.75, 3.05) is 52.7 Å². The molecule has 5 fully saturated rings. The Morgan fingerprint density at radius 3 is 1.01 bits per heavy atom. The van der Waals surface area contributed by atoms with Gasteiger partial charge in [-0.2, -0.15) is 15.8 Å². The number of nitriles is 3. The Balaban J connectivity index is 0.000000384. The first kappa shape index (κ1) is 56.2. The molecule has 22 nitrogen and oxygen atoms in total. The highest BCUT2D eigenvalue weighted by molar-refractivity contribution is 7.49. The maximum atomic E-state index is 14.3. The lowest BCUT2D eigenvalue weighted by Crippen LogP contribution is -2.34. The molecule has 420 valence electrons. The fraction of sp³-hybridized carbons (Fsp3) is 0.938. The third kappa shape index (κ3) is 20.4. The van der Waals surface area contributed by atoms with Crippen LogP contribution in [0.3, 0.4) is 0 Å². The van der Waals surface area contributed by atoms with Gasteiger partial charge < -0.3 is 33.9 Å². The van der Waals surface area contributed by atoms with Crippen molar-refractivity contribution in [3.63, 3.8) is 0 Å². The van der Waals surface area contributed by atoms with E-state index >= 15 is 0 Å². The quantitative estimate of drug-likeness (QED) is 0.0763. The maximum Gasteiger partial charge on any atom is 0.475 e. The van der Waals surface area contributed by atoms with Gasteiger partial charge in [0.05, 0.1) is 119 Å².